The first kappa shape index (κ1) is 15.1. The van der Waals surface area contributed by atoms with E-state index in [1.54, 1.807) is 0 Å². The minimum atomic E-state index is 0.581. The molecule has 20 heavy (non-hydrogen) atoms. The minimum absolute atomic E-state index is 0.581. The largest absolute Gasteiger partial charge is 0.317 e. The van der Waals surface area contributed by atoms with Gasteiger partial charge in [-0.05, 0) is 42.1 Å². The zero-order valence-electron chi connectivity index (χ0n) is 13.0. The van der Waals surface area contributed by atoms with Gasteiger partial charge in [-0.15, -0.1) is 0 Å². The van der Waals surface area contributed by atoms with E-state index in [-0.39, 0.29) is 0 Å². The Labute approximate surface area is 123 Å². The van der Waals surface area contributed by atoms with Crippen molar-refractivity contribution in [2.24, 2.45) is 5.92 Å². The number of likely N-dealkylation sites (N-methyl/N-ethyl adjacent to an activating group) is 1. The molecule has 2 atom stereocenters. The van der Waals surface area contributed by atoms with E-state index in [2.05, 4.69) is 68.7 Å². The van der Waals surface area contributed by atoms with E-state index in [9.17, 15) is 0 Å². The van der Waals surface area contributed by atoms with Gasteiger partial charge in [-0.2, -0.15) is 0 Å². The summed E-state index contributed by atoms with van der Waals surface area (Å²) in [6, 6.07) is 16.0. The van der Waals surface area contributed by atoms with Crippen molar-refractivity contribution < 1.29 is 0 Å². The molecule has 2 aromatic rings. The van der Waals surface area contributed by atoms with Crippen LogP contribution in [0.25, 0.3) is 10.8 Å². The highest BCUT2D eigenvalue weighted by atomic mass is 14.9. The summed E-state index contributed by atoms with van der Waals surface area (Å²) in [4.78, 5) is 0. The molecule has 0 amide bonds. The molecular formula is C19H27N. The second-order valence-corrected chi connectivity index (χ2v) is 6.00. The van der Waals surface area contributed by atoms with Crippen LogP contribution in [0.3, 0.4) is 0 Å². The summed E-state index contributed by atoms with van der Waals surface area (Å²) in [6.45, 7) is 4.64. The second kappa shape index (κ2) is 7.44. The number of rotatable bonds is 7. The third kappa shape index (κ3) is 4.08. The van der Waals surface area contributed by atoms with Crippen molar-refractivity contribution in [1.29, 1.82) is 0 Å². The summed E-state index contributed by atoms with van der Waals surface area (Å²) in [5.74, 6) is 0.804. The maximum atomic E-state index is 3.49. The molecule has 0 radical (unpaired) electrons. The number of fused-ring (bicyclic) bond motifs is 1. The van der Waals surface area contributed by atoms with Gasteiger partial charge in [0.1, 0.15) is 0 Å². The lowest BCUT2D eigenvalue weighted by molar-refractivity contribution is 0.397. The quantitative estimate of drug-likeness (QED) is 0.761. The molecule has 108 valence electrons. The monoisotopic (exact) mass is 269 g/mol. The number of nitrogens with one attached hydrogen (secondary N) is 1. The smallest absolute Gasteiger partial charge is 0.0107 e. The van der Waals surface area contributed by atoms with Crippen LogP contribution < -0.4 is 5.32 Å². The van der Waals surface area contributed by atoms with Crippen LogP contribution in [-0.2, 0) is 6.42 Å². The molecular weight excluding hydrogens is 242 g/mol. The Morgan fingerprint density at radius 3 is 2.50 bits per heavy atom. The van der Waals surface area contributed by atoms with Gasteiger partial charge in [-0.3, -0.25) is 0 Å². The maximum absolute atomic E-state index is 3.49. The van der Waals surface area contributed by atoms with Crippen molar-refractivity contribution in [3.63, 3.8) is 0 Å². The Bertz CT molecular complexity index is 532. The van der Waals surface area contributed by atoms with Crippen molar-refractivity contribution in [2.75, 3.05) is 7.05 Å². The molecule has 0 heterocycles. The summed E-state index contributed by atoms with van der Waals surface area (Å²) in [5, 5.41) is 6.17. The topological polar surface area (TPSA) is 12.0 Å². The highest BCUT2D eigenvalue weighted by Gasteiger charge is 2.12. The SMILES string of the molecule is CCCC(C)CC(Cc1ccc2ccccc2c1)NC. The summed E-state index contributed by atoms with van der Waals surface area (Å²) >= 11 is 0. The van der Waals surface area contributed by atoms with Gasteiger partial charge in [0.2, 0.25) is 0 Å². The predicted molar refractivity (Wildman–Crippen MR) is 89.2 cm³/mol. The normalized spacial score (nSPS) is 14.3. The molecule has 1 N–H and O–H groups in total. The second-order valence-electron chi connectivity index (χ2n) is 6.00. The fourth-order valence-electron chi connectivity index (χ4n) is 3.05. The highest BCUT2D eigenvalue weighted by Crippen LogP contribution is 2.19. The van der Waals surface area contributed by atoms with E-state index in [1.807, 2.05) is 0 Å². The average Bonchev–Trinajstić information content (AvgIpc) is 2.46. The van der Waals surface area contributed by atoms with Gasteiger partial charge in [0.15, 0.2) is 0 Å². The number of hydrogen-bond acceptors (Lipinski definition) is 1. The van der Waals surface area contributed by atoms with Gasteiger partial charge in [0.05, 0.1) is 0 Å². The van der Waals surface area contributed by atoms with Crippen LogP contribution in [0.1, 0.15) is 38.7 Å². The van der Waals surface area contributed by atoms with Crippen LogP contribution in [0.2, 0.25) is 0 Å². The molecule has 2 rings (SSSR count). The Morgan fingerprint density at radius 2 is 1.80 bits per heavy atom. The van der Waals surface area contributed by atoms with Gasteiger partial charge in [0, 0.05) is 6.04 Å². The van der Waals surface area contributed by atoms with Gasteiger partial charge in [0.25, 0.3) is 0 Å². The lowest BCUT2D eigenvalue weighted by atomic mass is 9.93. The molecule has 0 saturated carbocycles. The molecule has 0 spiro atoms. The Hall–Kier alpha value is -1.34. The third-order valence-electron chi connectivity index (χ3n) is 4.17. The van der Waals surface area contributed by atoms with Crippen LogP contribution in [0.5, 0.6) is 0 Å². The van der Waals surface area contributed by atoms with E-state index < -0.39 is 0 Å². The predicted octanol–water partition coefficient (Wildman–Crippen LogP) is 4.80. The summed E-state index contributed by atoms with van der Waals surface area (Å²) in [6.07, 6.45) is 5.00. The zero-order valence-corrected chi connectivity index (χ0v) is 13.0. The first-order valence-electron chi connectivity index (χ1n) is 7.88. The van der Waals surface area contributed by atoms with Crippen LogP contribution in [0.15, 0.2) is 42.5 Å². The van der Waals surface area contributed by atoms with Gasteiger partial charge >= 0.3 is 0 Å². The molecule has 0 fully saturated rings. The maximum Gasteiger partial charge on any atom is 0.0107 e. The molecule has 0 aromatic heterocycles. The van der Waals surface area contributed by atoms with Gasteiger partial charge in [-0.25, -0.2) is 0 Å². The molecule has 0 aliphatic carbocycles. The van der Waals surface area contributed by atoms with Crippen molar-refractivity contribution in [3.05, 3.63) is 48.0 Å². The fraction of sp³-hybridized carbons (Fsp3) is 0.474. The van der Waals surface area contributed by atoms with Crippen molar-refractivity contribution in [2.45, 2.75) is 45.6 Å². The summed E-state index contributed by atoms with van der Waals surface area (Å²) in [7, 11) is 2.09. The van der Waals surface area contributed by atoms with Crippen molar-refractivity contribution >= 4 is 10.8 Å². The van der Waals surface area contributed by atoms with E-state index in [0.29, 0.717) is 6.04 Å². The number of hydrogen-bond donors (Lipinski definition) is 1. The summed E-state index contributed by atoms with van der Waals surface area (Å²) < 4.78 is 0. The lowest BCUT2D eigenvalue weighted by Crippen LogP contribution is -2.29. The zero-order chi connectivity index (χ0) is 14.4. The molecule has 2 aromatic carbocycles. The fourth-order valence-corrected chi connectivity index (χ4v) is 3.05. The molecule has 0 saturated heterocycles. The third-order valence-corrected chi connectivity index (χ3v) is 4.17. The molecule has 0 aliphatic heterocycles. The van der Waals surface area contributed by atoms with E-state index in [4.69, 9.17) is 0 Å². The van der Waals surface area contributed by atoms with Crippen LogP contribution in [0.4, 0.5) is 0 Å². The lowest BCUT2D eigenvalue weighted by Gasteiger charge is -2.20. The highest BCUT2D eigenvalue weighted by molar-refractivity contribution is 5.82. The average molecular weight is 269 g/mol. The van der Waals surface area contributed by atoms with Crippen LogP contribution in [-0.4, -0.2) is 13.1 Å². The first-order valence-corrected chi connectivity index (χ1v) is 7.88. The van der Waals surface area contributed by atoms with Crippen molar-refractivity contribution in [3.8, 4) is 0 Å². The Kier molecular flexibility index (Phi) is 5.60. The van der Waals surface area contributed by atoms with Gasteiger partial charge < -0.3 is 5.32 Å². The van der Waals surface area contributed by atoms with Crippen LogP contribution in [0, 0.1) is 5.92 Å². The first-order chi connectivity index (χ1) is 9.72. The van der Waals surface area contributed by atoms with Crippen molar-refractivity contribution in [1.82, 2.24) is 5.32 Å². The molecule has 1 heteroatoms. The standard InChI is InChI=1S/C19H27N/c1-4-7-15(2)12-19(20-3)14-16-10-11-17-8-5-6-9-18(17)13-16/h5-6,8-11,13,15,19-20H,4,7,12,14H2,1-3H3. The minimum Gasteiger partial charge on any atom is -0.317 e. The number of benzene rings is 2. The molecule has 0 bridgehead atoms. The van der Waals surface area contributed by atoms with E-state index >= 15 is 0 Å². The molecule has 1 nitrogen and oxygen atoms in total. The molecule has 0 aliphatic rings. The molecule has 2 unspecified atom stereocenters. The van der Waals surface area contributed by atoms with E-state index in [0.717, 1.165) is 12.3 Å². The van der Waals surface area contributed by atoms with E-state index in [1.165, 1.54) is 35.6 Å². The summed E-state index contributed by atoms with van der Waals surface area (Å²) in [5.41, 5.74) is 1.44. The Balaban J connectivity index is 2.05. The van der Waals surface area contributed by atoms with Gasteiger partial charge in [-0.1, -0.05) is 69.2 Å². The van der Waals surface area contributed by atoms with Crippen LogP contribution >= 0.6 is 0 Å². The Morgan fingerprint density at radius 1 is 1.05 bits per heavy atom.